The Kier molecular flexibility index (Phi) is 4.87. The highest BCUT2D eigenvalue weighted by Crippen LogP contribution is 2.19. The summed E-state index contributed by atoms with van der Waals surface area (Å²) in [5, 5.41) is 0. The van der Waals surface area contributed by atoms with Crippen molar-refractivity contribution < 1.29 is 13.9 Å². The summed E-state index contributed by atoms with van der Waals surface area (Å²) in [5.74, 6) is -0.233. The Labute approximate surface area is 113 Å². The van der Waals surface area contributed by atoms with Crippen molar-refractivity contribution in [3.05, 3.63) is 35.1 Å². The fraction of sp³-hybridized carbons (Fsp3) is 0.571. The second-order valence-electron chi connectivity index (χ2n) is 4.91. The van der Waals surface area contributed by atoms with Crippen LogP contribution < -0.4 is 5.73 Å². The number of methoxy groups -OCH3 is 2. The predicted molar refractivity (Wildman–Crippen MR) is 71.2 cm³/mol. The molecule has 1 aliphatic heterocycles. The van der Waals surface area contributed by atoms with E-state index >= 15 is 0 Å². The van der Waals surface area contributed by atoms with Gasteiger partial charge in [0.1, 0.15) is 5.82 Å². The molecular formula is C14H21FN2O2. The van der Waals surface area contributed by atoms with Crippen LogP contribution in [0.15, 0.2) is 18.2 Å². The average Bonchev–Trinajstić information content (AvgIpc) is 2.80. The highest BCUT2D eigenvalue weighted by molar-refractivity contribution is 5.24. The lowest BCUT2D eigenvalue weighted by molar-refractivity contribution is -0.00461. The largest absolute Gasteiger partial charge is 0.377 e. The molecule has 0 bridgehead atoms. The van der Waals surface area contributed by atoms with Crippen molar-refractivity contribution in [2.45, 2.75) is 25.3 Å². The zero-order valence-corrected chi connectivity index (χ0v) is 11.4. The zero-order chi connectivity index (χ0) is 13.8. The fourth-order valence-electron chi connectivity index (χ4n) is 2.59. The van der Waals surface area contributed by atoms with Gasteiger partial charge in [0, 0.05) is 40.4 Å². The predicted octanol–water partition coefficient (Wildman–Crippen LogP) is 1.13. The van der Waals surface area contributed by atoms with Gasteiger partial charge >= 0.3 is 0 Å². The Morgan fingerprint density at radius 2 is 1.74 bits per heavy atom. The lowest BCUT2D eigenvalue weighted by Crippen LogP contribution is -2.27. The van der Waals surface area contributed by atoms with Crippen LogP contribution in [0.1, 0.15) is 11.1 Å². The van der Waals surface area contributed by atoms with Crippen molar-refractivity contribution in [2.24, 2.45) is 5.73 Å². The van der Waals surface area contributed by atoms with Crippen LogP contribution in [-0.4, -0.2) is 44.4 Å². The molecule has 2 atom stereocenters. The van der Waals surface area contributed by atoms with Gasteiger partial charge in [-0.2, -0.15) is 0 Å². The summed E-state index contributed by atoms with van der Waals surface area (Å²) in [6, 6.07) is 4.98. The summed E-state index contributed by atoms with van der Waals surface area (Å²) in [7, 11) is 3.38. The first kappa shape index (κ1) is 14.4. The van der Waals surface area contributed by atoms with E-state index in [0.29, 0.717) is 13.1 Å². The van der Waals surface area contributed by atoms with E-state index in [0.717, 1.165) is 24.2 Å². The summed E-state index contributed by atoms with van der Waals surface area (Å²) < 4.78 is 24.2. The van der Waals surface area contributed by atoms with Crippen LogP contribution >= 0.6 is 0 Å². The number of ether oxygens (including phenoxy) is 2. The second-order valence-corrected chi connectivity index (χ2v) is 4.91. The van der Waals surface area contributed by atoms with E-state index in [1.807, 2.05) is 6.07 Å². The van der Waals surface area contributed by atoms with E-state index in [9.17, 15) is 4.39 Å². The molecule has 1 fully saturated rings. The lowest BCUT2D eigenvalue weighted by atomic mass is 10.1. The smallest absolute Gasteiger partial charge is 0.123 e. The van der Waals surface area contributed by atoms with E-state index < -0.39 is 0 Å². The normalized spacial score (nSPS) is 24.0. The van der Waals surface area contributed by atoms with Gasteiger partial charge in [-0.1, -0.05) is 6.07 Å². The van der Waals surface area contributed by atoms with Crippen molar-refractivity contribution in [3.63, 3.8) is 0 Å². The van der Waals surface area contributed by atoms with E-state index in [1.165, 1.54) is 6.07 Å². The van der Waals surface area contributed by atoms with Gasteiger partial charge in [-0.3, -0.25) is 4.90 Å². The lowest BCUT2D eigenvalue weighted by Gasteiger charge is -2.15. The Balaban J connectivity index is 2.04. The monoisotopic (exact) mass is 268 g/mol. The van der Waals surface area contributed by atoms with Crippen molar-refractivity contribution >= 4 is 0 Å². The third-order valence-corrected chi connectivity index (χ3v) is 3.56. The number of hydrogen-bond donors (Lipinski definition) is 1. The highest BCUT2D eigenvalue weighted by atomic mass is 19.1. The third-order valence-electron chi connectivity index (χ3n) is 3.56. The molecule has 0 spiro atoms. The van der Waals surface area contributed by atoms with Crippen LogP contribution in [0.4, 0.5) is 4.39 Å². The van der Waals surface area contributed by atoms with Gasteiger partial charge in [0.25, 0.3) is 0 Å². The molecule has 0 radical (unpaired) electrons. The van der Waals surface area contributed by atoms with Crippen molar-refractivity contribution in [1.82, 2.24) is 4.90 Å². The molecule has 2 rings (SSSR count). The Morgan fingerprint density at radius 1 is 1.16 bits per heavy atom. The number of nitrogens with zero attached hydrogens (tertiary/aromatic N) is 1. The number of hydrogen-bond acceptors (Lipinski definition) is 4. The van der Waals surface area contributed by atoms with E-state index in [1.54, 1.807) is 20.3 Å². The zero-order valence-electron chi connectivity index (χ0n) is 11.4. The molecule has 2 N–H and O–H groups in total. The summed E-state index contributed by atoms with van der Waals surface area (Å²) in [6.45, 7) is 2.63. The molecule has 106 valence electrons. The molecule has 1 heterocycles. The van der Waals surface area contributed by atoms with E-state index in [4.69, 9.17) is 15.2 Å². The van der Waals surface area contributed by atoms with Crippen molar-refractivity contribution in [3.8, 4) is 0 Å². The minimum atomic E-state index is -0.233. The summed E-state index contributed by atoms with van der Waals surface area (Å²) in [4.78, 5) is 2.21. The molecule has 1 saturated heterocycles. The van der Waals surface area contributed by atoms with Gasteiger partial charge in [0.2, 0.25) is 0 Å². The molecule has 1 aromatic carbocycles. The first-order chi connectivity index (χ1) is 9.16. The van der Waals surface area contributed by atoms with E-state index in [-0.39, 0.29) is 18.0 Å². The molecule has 0 amide bonds. The number of likely N-dealkylation sites (tertiary alicyclic amines) is 1. The number of rotatable bonds is 5. The van der Waals surface area contributed by atoms with Gasteiger partial charge in [-0.15, -0.1) is 0 Å². The van der Waals surface area contributed by atoms with Crippen molar-refractivity contribution in [2.75, 3.05) is 27.3 Å². The Morgan fingerprint density at radius 3 is 2.26 bits per heavy atom. The fourth-order valence-corrected chi connectivity index (χ4v) is 2.59. The van der Waals surface area contributed by atoms with Gasteiger partial charge in [0.15, 0.2) is 0 Å². The average molecular weight is 268 g/mol. The standard InChI is InChI=1S/C14H21FN2O2/c1-18-13-8-17(9-14(13)19-2)7-11-3-10(6-16)4-12(15)5-11/h3-5,13-14H,6-9,16H2,1-2H3. The molecule has 0 saturated carbocycles. The molecule has 0 aliphatic carbocycles. The molecule has 1 aliphatic rings. The van der Waals surface area contributed by atoms with Crippen LogP contribution in [0.5, 0.6) is 0 Å². The van der Waals surface area contributed by atoms with E-state index in [2.05, 4.69) is 4.90 Å². The van der Waals surface area contributed by atoms with Gasteiger partial charge in [0.05, 0.1) is 12.2 Å². The molecule has 2 unspecified atom stereocenters. The topological polar surface area (TPSA) is 47.7 Å². The first-order valence-corrected chi connectivity index (χ1v) is 6.42. The van der Waals surface area contributed by atoms with Crippen LogP contribution in [0.25, 0.3) is 0 Å². The van der Waals surface area contributed by atoms with Crippen molar-refractivity contribution in [1.29, 1.82) is 0 Å². The summed E-state index contributed by atoms with van der Waals surface area (Å²) in [6.07, 6.45) is 0.153. The maximum Gasteiger partial charge on any atom is 0.123 e. The first-order valence-electron chi connectivity index (χ1n) is 6.42. The Bertz CT molecular complexity index is 416. The number of halogens is 1. The second kappa shape index (κ2) is 6.43. The molecule has 0 aromatic heterocycles. The molecule has 4 nitrogen and oxygen atoms in total. The highest BCUT2D eigenvalue weighted by Gasteiger charge is 2.32. The molecular weight excluding hydrogens is 247 g/mol. The SMILES string of the molecule is COC1CN(Cc2cc(F)cc(CN)c2)CC1OC. The minimum Gasteiger partial charge on any atom is -0.377 e. The summed E-state index contributed by atoms with van der Waals surface area (Å²) >= 11 is 0. The molecule has 1 aromatic rings. The maximum atomic E-state index is 13.5. The van der Waals surface area contributed by atoms with Crippen LogP contribution in [0.3, 0.4) is 0 Å². The van der Waals surface area contributed by atoms with Gasteiger partial charge < -0.3 is 15.2 Å². The molecule has 5 heteroatoms. The van der Waals surface area contributed by atoms with Gasteiger partial charge in [-0.25, -0.2) is 4.39 Å². The van der Waals surface area contributed by atoms with Crippen LogP contribution in [-0.2, 0) is 22.6 Å². The van der Waals surface area contributed by atoms with Crippen LogP contribution in [0.2, 0.25) is 0 Å². The van der Waals surface area contributed by atoms with Crippen LogP contribution in [0, 0.1) is 5.82 Å². The van der Waals surface area contributed by atoms with Gasteiger partial charge in [-0.05, 0) is 23.3 Å². The quantitative estimate of drug-likeness (QED) is 0.869. The third kappa shape index (κ3) is 3.51. The Hall–Kier alpha value is -1.01. The maximum absolute atomic E-state index is 13.5. The molecule has 19 heavy (non-hydrogen) atoms. The number of benzene rings is 1. The number of nitrogens with two attached hydrogens (primary N) is 1. The summed E-state index contributed by atoms with van der Waals surface area (Å²) in [5.41, 5.74) is 7.32. The minimum absolute atomic E-state index is 0.0764.